The van der Waals surface area contributed by atoms with Gasteiger partial charge < -0.3 is 10.1 Å². The maximum absolute atomic E-state index is 12.2. The molecule has 6 nitrogen and oxygen atoms in total. The molecule has 112 valence electrons. The molecule has 1 fully saturated rings. The highest BCUT2D eigenvalue weighted by atomic mass is 32.2. The molecule has 0 atom stereocenters. The second kappa shape index (κ2) is 6.92. The van der Waals surface area contributed by atoms with E-state index in [1.54, 1.807) is 18.2 Å². The molecule has 0 aromatic heterocycles. The van der Waals surface area contributed by atoms with Crippen LogP contribution in [0.4, 0.5) is 5.69 Å². The Labute approximate surface area is 120 Å². The van der Waals surface area contributed by atoms with Crippen molar-refractivity contribution in [3.63, 3.8) is 0 Å². The van der Waals surface area contributed by atoms with Gasteiger partial charge in [-0.15, -0.1) is 0 Å². The molecule has 0 spiro atoms. The van der Waals surface area contributed by atoms with Gasteiger partial charge in [0.1, 0.15) is 5.75 Å². The number of benzene rings is 1. The van der Waals surface area contributed by atoms with Gasteiger partial charge in [0.25, 0.3) is 0 Å². The molecule has 1 aliphatic rings. The third-order valence-electron chi connectivity index (χ3n) is 2.97. The van der Waals surface area contributed by atoms with Gasteiger partial charge in [0.05, 0.1) is 12.3 Å². The maximum Gasteiger partial charge on any atom is 0.301 e. The van der Waals surface area contributed by atoms with Crippen molar-refractivity contribution in [3.8, 4) is 5.75 Å². The number of ether oxygens (including phenoxy) is 1. The summed E-state index contributed by atoms with van der Waals surface area (Å²) in [5, 5.41) is 3.13. The van der Waals surface area contributed by atoms with E-state index >= 15 is 0 Å². The highest BCUT2D eigenvalue weighted by Gasteiger charge is 2.23. The van der Waals surface area contributed by atoms with Crippen LogP contribution in [0.1, 0.15) is 13.3 Å². The molecule has 1 heterocycles. The second-order valence-electron chi connectivity index (χ2n) is 4.63. The van der Waals surface area contributed by atoms with Crippen LogP contribution in [0.25, 0.3) is 0 Å². The molecular formula is C13H21N3O3S. The van der Waals surface area contributed by atoms with Crippen LogP contribution in [0, 0.1) is 0 Å². The highest BCUT2D eigenvalue weighted by molar-refractivity contribution is 7.90. The minimum atomic E-state index is -3.49. The molecule has 20 heavy (non-hydrogen) atoms. The van der Waals surface area contributed by atoms with E-state index in [4.69, 9.17) is 4.74 Å². The molecule has 7 heteroatoms. The van der Waals surface area contributed by atoms with Crippen LogP contribution in [-0.4, -0.2) is 45.5 Å². The molecule has 1 saturated heterocycles. The van der Waals surface area contributed by atoms with E-state index in [9.17, 15) is 8.42 Å². The molecule has 1 aliphatic heterocycles. The quantitative estimate of drug-likeness (QED) is 0.823. The van der Waals surface area contributed by atoms with Crippen LogP contribution in [-0.2, 0) is 10.2 Å². The number of nitrogens with one attached hydrogen (secondary N) is 2. The summed E-state index contributed by atoms with van der Waals surface area (Å²) in [6.45, 7) is 4.98. The van der Waals surface area contributed by atoms with Crippen molar-refractivity contribution in [2.75, 3.05) is 37.5 Å². The Morgan fingerprint density at radius 1 is 1.35 bits per heavy atom. The van der Waals surface area contributed by atoms with E-state index in [-0.39, 0.29) is 0 Å². The summed E-state index contributed by atoms with van der Waals surface area (Å²) >= 11 is 0. The fraction of sp³-hybridized carbons (Fsp3) is 0.538. The number of piperazine rings is 1. The Bertz CT molecular complexity index is 527. The summed E-state index contributed by atoms with van der Waals surface area (Å²) in [7, 11) is -3.49. The molecule has 0 unspecified atom stereocenters. The van der Waals surface area contributed by atoms with E-state index < -0.39 is 10.2 Å². The molecule has 0 amide bonds. The minimum Gasteiger partial charge on any atom is -0.494 e. The molecule has 1 aromatic carbocycles. The Balaban J connectivity index is 2.04. The largest absolute Gasteiger partial charge is 0.494 e. The average molecular weight is 299 g/mol. The predicted octanol–water partition coefficient (Wildman–Crippen LogP) is 1.04. The fourth-order valence-corrected chi connectivity index (χ4v) is 3.18. The first kappa shape index (κ1) is 15.1. The molecule has 0 radical (unpaired) electrons. The van der Waals surface area contributed by atoms with Crippen molar-refractivity contribution in [3.05, 3.63) is 24.3 Å². The van der Waals surface area contributed by atoms with Crippen LogP contribution in [0.15, 0.2) is 24.3 Å². The zero-order valence-electron chi connectivity index (χ0n) is 11.6. The van der Waals surface area contributed by atoms with Crippen molar-refractivity contribution >= 4 is 15.9 Å². The van der Waals surface area contributed by atoms with Gasteiger partial charge in [-0.1, -0.05) is 13.0 Å². The van der Waals surface area contributed by atoms with Gasteiger partial charge in [-0.3, -0.25) is 4.72 Å². The van der Waals surface area contributed by atoms with Crippen LogP contribution in [0.2, 0.25) is 0 Å². The van der Waals surface area contributed by atoms with Crippen molar-refractivity contribution < 1.29 is 13.2 Å². The number of anilines is 1. The van der Waals surface area contributed by atoms with Crippen LogP contribution < -0.4 is 14.8 Å². The molecule has 0 aliphatic carbocycles. The van der Waals surface area contributed by atoms with Gasteiger partial charge in [-0.2, -0.15) is 12.7 Å². The van der Waals surface area contributed by atoms with E-state index in [0.717, 1.165) is 6.42 Å². The monoisotopic (exact) mass is 299 g/mol. The number of rotatable bonds is 6. The second-order valence-corrected chi connectivity index (χ2v) is 6.30. The van der Waals surface area contributed by atoms with Gasteiger partial charge in [-0.25, -0.2) is 0 Å². The fourth-order valence-electron chi connectivity index (χ4n) is 1.97. The third-order valence-corrected chi connectivity index (χ3v) is 4.51. The van der Waals surface area contributed by atoms with Gasteiger partial charge in [0.2, 0.25) is 0 Å². The topological polar surface area (TPSA) is 70.7 Å². The summed E-state index contributed by atoms with van der Waals surface area (Å²) in [5.41, 5.74) is 0.525. The number of hydrogen-bond donors (Lipinski definition) is 2. The van der Waals surface area contributed by atoms with Crippen LogP contribution >= 0.6 is 0 Å². The molecule has 0 bridgehead atoms. The Kier molecular flexibility index (Phi) is 5.22. The minimum absolute atomic E-state index is 0.487. The van der Waals surface area contributed by atoms with E-state index in [1.165, 1.54) is 4.31 Å². The standard InChI is InChI=1S/C13H21N3O3S/c1-2-10-19-13-5-3-4-12(11-13)15-20(17,18)16-8-6-14-7-9-16/h3-5,11,14-15H,2,6-10H2,1H3. The Morgan fingerprint density at radius 2 is 2.10 bits per heavy atom. The van der Waals surface area contributed by atoms with E-state index in [0.29, 0.717) is 44.2 Å². The summed E-state index contributed by atoms with van der Waals surface area (Å²) in [4.78, 5) is 0. The van der Waals surface area contributed by atoms with Gasteiger partial charge in [0.15, 0.2) is 0 Å². The van der Waals surface area contributed by atoms with Gasteiger partial charge in [-0.05, 0) is 18.6 Å². The van der Waals surface area contributed by atoms with Crippen LogP contribution in [0.5, 0.6) is 5.75 Å². The van der Waals surface area contributed by atoms with Crippen molar-refractivity contribution in [2.45, 2.75) is 13.3 Å². The van der Waals surface area contributed by atoms with Gasteiger partial charge >= 0.3 is 10.2 Å². The Hall–Kier alpha value is -1.31. The lowest BCUT2D eigenvalue weighted by Gasteiger charge is -2.26. The van der Waals surface area contributed by atoms with Crippen LogP contribution in [0.3, 0.4) is 0 Å². The van der Waals surface area contributed by atoms with Crippen molar-refractivity contribution in [2.24, 2.45) is 0 Å². The molecule has 1 aromatic rings. The highest BCUT2D eigenvalue weighted by Crippen LogP contribution is 2.19. The smallest absolute Gasteiger partial charge is 0.301 e. The van der Waals surface area contributed by atoms with E-state index in [2.05, 4.69) is 10.0 Å². The average Bonchev–Trinajstić information content (AvgIpc) is 2.46. The number of nitrogens with zero attached hydrogens (tertiary/aromatic N) is 1. The lowest BCUT2D eigenvalue weighted by Crippen LogP contribution is -2.48. The first-order valence-electron chi connectivity index (χ1n) is 6.83. The lowest BCUT2D eigenvalue weighted by atomic mass is 10.3. The summed E-state index contributed by atoms with van der Waals surface area (Å²) < 4.78 is 34.0. The van der Waals surface area contributed by atoms with Crippen molar-refractivity contribution in [1.82, 2.24) is 9.62 Å². The maximum atomic E-state index is 12.2. The Morgan fingerprint density at radius 3 is 2.80 bits per heavy atom. The normalized spacial score (nSPS) is 16.9. The zero-order valence-corrected chi connectivity index (χ0v) is 12.4. The molecule has 0 saturated carbocycles. The van der Waals surface area contributed by atoms with Gasteiger partial charge in [0, 0.05) is 32.2 Å². The summed E-state index contributed by atoms with van der Waals surface area (Å²) in [6.07, 6.45) is 0.913. The molecular weight excluding hydrogens is 278 g/mol. The predicted molar refractivity (Wildman–Crippen MR) is 79.2 cm³/mol. The lowest BCUT2D eigenvalue weighted by molar-refractivity contribution is 0.317. The van der Waals surface area contributed by atoms with Crippen molar-refractivity contribution in [1.29, 1.82) is 0 Å². The number of hydrogen-bond acceptors (Lipinski definition) is 4. The van der Waals surface area contributed by atoms with E-state index in [1.807, 2.05) is 13.0 Å². The molecule has 2 rings (SSSR count). The third kappa shape index (κ3) is 4.09. The zero-order chi connectivity index (χ0) is 14.4. The molecule has 2 N–H and O–H groups in total. The first-order valence-corrected chi connectivity index (χ1v) is 8.27. The first-order chi connectivity index (χ1) is 9.62. The summed E-state index contributed by atoms with van der Waals surface area (Å²) in [6, 6.07) is 7.02. The summed E-state index contributed by atoms with van der Waals surface area (Å²) in [5.74, 6) is 0.673. The SMILES string of the molecule is CCCOc1cccc(NS(=O)(=O)N2CCNCC2)c1.